The van der Waals surface area contributed by atoms with Gasteiger partial charge in [-0.3, -0.25) is 4.79 Å². The molecule has 96 valence electrons. The molecule has 0 fully saturated rings. The fourth-order valence-corrected chi connectivity index (χ4v) is 2.13. The van der Waals surface area contributed by atoms with Gasteiger partial charge in [0.25, 0.3) is 0 Å². The van der Waals surface area contributed by atoms with Crippen LogP contribution in [0.1, 0.15) is 31.6 Å². The van der Waals surface area contributed by atoms with Crippen molar-refractivity contribution in [1.29, 1.82) is 0 Å². The number of rotatable bonds is 8. The number of ether oxygens (including phenoxy) is 1. The molecule has 4 nitrogen and oxygen atoms in total. The Hall–Kier alpha value is -0.940. The van der Waals surface area contributed by atoms with Gasteiger partial charge in [-0.15, -0.1) is 0 Å². The summed E-state index contributed by atoms with van der Waals surface area (Å²) in [6, 6.07) is 3.52. The molecule has 1 aromatic heterocycles. The van der Waals surface area contributed by atoms with E-state index in [-0.39, 0.29) is 5.97 Å². The zero-order valence-corrected chi connectivity index (χ0v) is 10.7. The minimum atomic E-state index is -0.548. The van der Waals surface area contributed by atoms with Crippen LogP contribution in [0.25, 0.3) is 0 Å². The van der Waals surface area contributed by atoms with E-state index in [1.54, 1.807) is 25.3 Å². The standard InChI is InChI=1S/C12H18O4S/c1-2-15-12(14)9-17-8-4-5-10(13)11-6-3-7-16-11/h3,6-7,10,13H,2,4-5,8-9H2,1H3. The summed E-state index contributed by atoms with van der Waals surface area (Å²) in [7, 11) is 0. The molecule has 1 heterocycles. The van der Waals surface area contributed by atoms with Gasteiger partial charge in [-0.2, -0.15) is 11.8 Å². The average Bonchev–Trinajstić information content (AvgIpc) is 2.82. The van der Waals surface area contributed by atoms with E-state index in [1.165, 1.54) is 11.8 Å². The molecule has 5 heteroatoms. The molecule has 0 aliphatic carbocycles. The van der Waals surface area contributed by atoms with Crippen molar-refractivity contribution < 1.29 is 19.1 Å². The Bertz CT molecular complexity index is 310. The van der Waals surface area contributed by atoms with Gasteiger partial charge in [0.2, 0.25) is 0 Å². The summed E-state index contributed by atoms with van der Waals surface area (Å²) in [5.74, 6) is 1.63. The average molecular weight is 258 g/mol. The third kappa shape index (κ3) is 5.79. The normalized spacial score (nSPS) is 12.4. The summed E-state index contributed by atoms with van der Waals surface area (Å²) in [5.41, 5.74) is 0. The van der Waals surface area contributed by atoms with Gasteiger partial charge in [-0.05, 0) is 37.7 Å². The third-order valence-corrected chi connectivity index (χ3v) is 3.18. The number of aliphatic hydroxyl groups is 1. The fraction of sp³-hybridized carbons (Fsp3) is 0.583. The van der Waals surface area contributed by atoms with Crippen molar-refractivity contribution in [3.63, 3.8) is 0 Å². The van der Waals surface area contributed by atoms with Crippen molar-refractivity contribution >= 4 is 17.7 Å². The Balaban J connectivity index is 2.03. The number of carbonyl (C=O) groups is 1. The minimum absolute atomic E-state index is 0.177. The van der Waals surface area contributed by atoms with E-state index in [2.05, 4.69) is 0 Å². The van der Waals surface area contributed by atoms with Crippen molar-refractivity contribution in [2.75, 3.05) is 18.1 Å². The van der Waals surface area contributed by atoms with Crippen molar-refractivity contribution in [2.45, 2.75) is 25.9 Å². The molecular formula is C12H18O4S. The molecule has 0 bridgehead atoms. The first-order valence-electron chi connectivity index (χ1n) is 5.69. The molecule has 1 rings (SSSR count). The molecule has 17 heavy (non-hydrogen) atoms. The molecule has 1 atom stereocenters. The maximum atomic E-state index is 11.0. The fourth-order valence-electron chi connectivity index (χ4n) is 1.36. The van der Waals surface area contributed by atoms with Crippen LogP contribution < -0.4 is 0 Å². The lowest BCUT2D eigenvalue weighted by Crippen LogP contribution is -2.07. The topological polar surface area (TPSA) is 59.7 Å². The Morgan fingerprint density at radius 2 is 2.47 bits per heavy atom. The number of furan rings is 1. The molecular weight excluding hydrogens is 240 g/mol. The quantitative estimate of drug-likeness (QED) is 0.573. The summed E-state index contributed by atoms with van der Waals surface area (Å²) in [6.45, 7) is 2.22. The molecule has 0 aromatic carbocycles. The smallest absolute Gasteiger partial charge is 0.315 e. The lowest BCUT2D eigenvalue weighted by Gasteiger charge is -2.07. The summed E-state index contributed by atoms with van der Waals surface area (Å²) in [6.07, 6.45) is 2.48. The highest BCUT2D eigenvalue weighted by Gasteiger charge is 2.09. The van der Waals surface area contributed by atoms with Gasteiger partial charge in [0, 0.05) is 0 Å². The highest BCUT2D eigenvalue weighted by molar-refractivity contribution is 7.99. The van der Waals surface area contributed by atoms with Crippen LogP contribution in [-0.2, 0) is 9.53 Å². The van der Waals surface area contributed by atoms with E-state index in [4.69, 9.17) is 9.15 Å². The SMILES string of the molecule is CCOC(=O)CSCCCC(O)c1ccco1. The number of esters is 1. The molecule has 0 amide bonds. The van der Waals surface area contributed by atoms with Gasteiger partial charge in [0.15, 0.2) is 0 Å². The highest BCUT2D eigenvalue weighted by Crippen LogP contribution is 2.19. The molecule has 0 spiro atoms. The van der Waals surface area contributed by atoms with Gasteiger partial charge in [-0.25, -0.2) is 0 Å². The van der Waals surface area contributed by atoms with Crippen molar-refractivity contribution in [1.82, 2.24) is 0 Å². The van der Waals surface area contributed by atoms with Gasteiger partial charge >= 0.3 is 5.97 Å². The zero-order chi connectivity index (χ0) is 12.5. The van der Waals surface area contributed by atoms with Gasteiger partial charge in [-0.1, -0.05) is 0 Å². The Kier molecular flexibility index (Phi) is 6.81. The third-order valence-electron chi connectivity index (χ3n) is 2.16. The van der Waals surface area contributed by atoms with Gasteiger partial charge in [0.1, 0.15) is 11.9 Å². The Labute approximate surface area is 105 Å². The van der Waals surface area contributed by atoms with Crippen LogP contribution in [0.3, 0.4) is 0 Å². The van der Waals surface area contributed by atoms with Crippen molar-refractivity contribution in [3.05, 3.63) is 24.2 Å². The van der Waals surface area contributed by atoms with E-state index in [0.717, 1.165) is 12.2 Å². The van der Waals surface area contributed by atoms with Crippen molar-refractivity contribution in [2.24, 2.45) is 0 Å². The number of aliphatic hydroxyl groups excluding tert-OH is 1. The van der Waals surface area contributed by atoms with E-state index < -0.39 is 6.10 Å². The summed E-state index contributed by atoms with van der Waals surface area (Å²) >= 11 is 1.52. The predicted octanol–water partition coefficient (Wildman–Crippen LogP) is 2.39. The minimum Gasteiger partial charge on any atom is -0.467 e. The molecule has 0 aliphatic rings. The lowest BCUT2D eigenvalue weighted by atomic mass is 10.2. The second kappa shape index (κ2) is 8.20. The summed E-state index contributed by atoms with van der Waals surface area (Å²) in [5, 5.41) is 9.71. The first kappa shape index (κ1) is 14.1. The van der Waals surface area contributed by atoms with Crippen LogP contribution in [0.4, 0.5) is 0 Å². The van der Waals surface area contributed by atoms with Crippen LogP contribution in [0.5, 0.6) is 0 Å². The van der Waals surface area contributed by atoms with E-state index in [1.807, 2.05) is 0 Å². The highest BCUT2D eigenvalue weighted by atomic mass is 32.2. The number of hydrogen-bond acceptors (Lipinski definition) is 5. The summed E-state index contributed by atoms with van der Waals surface area (Å²) < 4.78 is 9.90. The van der Waals surface area contributed by atoms with E-state index in [0.29, 0.717) is 24.5 Å². The van der Waals surface area contributed by atoms with Crippen LogP contribution in [-0.4, -0.2) is 29.2 Å². The molecule has 0 radical (unpaired) electrons. The van der Waals surface area contributed by atoms with Gasteiger partial charge < -0.3 is 14.3 Å². The lowest BCUT2D eigenvalue weighted by molar-refractivity contribution is -0.139. The van der Waals surface area contributed by atoms with Gasteiger partial charge in [0.05, 0.1) is 18.6 Å². The van der Waals surface area contributed by atoms with Crippen LogP contribution in [0.15, 0.2) is 22.8 Å². The number of thioether (sulfide) groups is 1. The number of hydrogen-bond donors (Lipinski definition) is 1. The number of carbonyl (C=O) groups excluding carboxylic acids is 1. The monoisotopic (exact) mass is 258 g/mol. The zero-order valence-electron chi connectivity index (χ0n) is 9.93. The molecule has 0 saturated carbocycles. The molecule has 0 saturated heterocycles. The van der Waals surface area contributed by atoms with Crippen LogP contribution in [0, 0.1) is 0 Å². The van der Waals surface area contributed by atoms with Crippen LogP contribution >= 0.6 is 11.8 Å². The molecule has 1 unspecified atom stereocenters. The molecule has 1 aromatic rings. The summed E-state index contributed by atoms with van der Waals surface area (Å²) in [4.78, 5) is 11.0. The van der Waals surface area contributed by atoms with Crippen LogP contribution in [0.2, 0.25) is 0 Å². The Morgan fingerprint density at radius 1 is 1.65 bits per heavy atom. The first-order chi connectivity index (χ1) is 8.24. The first-order valence-corrected chi connectivity index (χ1v) is 6.84. The second-order valence-corrected chi connectivity index (χ2v) is 4.64. The second-order valence-electron chi connectivity index (χ2n) is 3.53. The maximum absolute atomic E-state index is 11.0. The molecule has 0 aliphatic heterocycles. The predicted molar refractivity (Wildman–Crippen MR) is 66.9 cm³/mol. The largest absolute Gasteiger partial charge is 0.467 e. The van der Waals surface area contributed by atoms with E-state index >= 15 is 0 Å². The Morgan fingerprint density at radius 3 is 3.12 bits per heavy atom. The molecule has 1 N–H and O–H groups in total. The van der Waals surface area contributed by atoms with Crippen molar-refractivity contribution in [3.8, 4) is 0 Å². The van der Waals surface area contributed by atoms with E-state index in [9.17, 15) is 9.90 Å². The maximum Gasteiger partial charge on any atom is 0.315 e.